The van der Waals surface area contributed by atoms with Crippen LogP contribution in [0.2, 0.25) is 0 Å². The summed E-state index contributed by atoms with van der Waals surface area (Å²) in [6.45, 7) is 3.96. The van der Waals surface area contributed by atoms with Gasteiger partial charge in [-0.2, -0.15) is 5.10 Å². The number of aromatic hydroxyl groups is 2. The van der Waals surface area contributed by atoms with Crippen molar-refractivity contribution in [1.29, 1.82) is 0 Å². The van der Waals surface area contributed by atoms with Crippen molar-refractivity contribution in [2.24, 2.45) is 5.10 Å². The lowest BCUT2D eigenvalue weighted by atomic mass is 10.0. The van der Waals surface area contributed by atoms with E-state index in [1.807, 2.05) is 19.1 Å². The maximum Gasteiger partial charge on any atom is 0.278 e. The van der Waals surface area contributed by atoms with E-state index in [2.05, 4.69) is 10.4 Å². The molecular weight excluding hydrogens is 394 g/mol. The number of ether oxygens (including phenoxy) is 1. The Balaban J connectivity index is 1.82. The highest BCUT2D eigenvalue weighted by Gasteiger charge is 2.34. The smallest absolute Gasteiger partial charge is 0.278 e. The van der Waals surface area contributed by atoms with E-state index in [1.54, 1.807) is 55.5 Å². The fourth-order valence-corrected chi connectivity index (χ4v) is 3.54. The average molecular weight is 417 g/mol. The lowest BCUT2D eigenvalue weighted by Gasteiger charge is -2.35. The molecule has 0 bridgehead atoms. The molecule has 0 fully saturated rings. The van der Waals surface area contributed by atoms with Gasteiger partial charge in [0.05, 0.1) is 17.9 Å². The van der Waals surface area contributed by atoms with Gasteiger partial charge in [0.25, 0.3) is 5.91 Å². The molecule has 3 aromatic carbocycles. The van der Waals surface area contributed by atoms with E-state index in [9.17, 15) is 15.0 Å². The first kappa shape index (κ1) is 20.3. The van der Waals surface area contributed by atoms with E-state index >= 15 is 0 Å². The number of benzene rings is 3. The van der Waals surface area contributed by atoms with E-state index < -0.39 is 6.17 Å². The molecule has 0 aromatic heterocycles. The van der Waals surface area contributed by atoms with Crippen molar-refractivity contribution in [1.82, 2.24) is 5.01 Å². The summed E-state index contributed by atoms with van der Waals surface area (Å²) in [6, 6.07) is 19.0. The minimum absolute atomic E-state index is 0.0218. The Kier molecular flexibility index (Phi) is 5.49. The number of nitrogens with one attached hydrogen (secondary N) is 1. The number of carbonyl (C=O) groups excluding carboxylic acids is 1. The van der Waals surface area contributed by atoms with Gasteiger partial charge >= 0.3 is 0 Å². The van der Waals surface area contributed by atoms with Crippen molar-refractivity contribution in [3.05, 3.63) is 83.4 Å². The molecule has 0 aliphatic carbocycles. The molecule has 31 heavy (non-hydrogen) atoms. The van der Waals surface area contributed by atoms with Crippen molar-refractivity contribution in [2.75, 3.05) is 11.9 Å². The number of phenols is 2. The van der Waals surface area contributed by atoms with Crippen LogP contribution in [0.5, 0.6) is 17.2 Å². The first-order valence-corrected chi connectivity index (χ1v) is 9.98. The summed E-state index contributed by atoms with van der Waals surface area (Å²) in [4.78, 5) is 13.4. The van der Waals surface area contributed by atoms with Gasteiger partial charge in [-0.25, -0.2) is 5.01 Å². The molecule has 0 spiro atoms. The molecule has 0 saturated carbocycles. The Morgan fingerprint density at radius 3 is 2.58 bits per heavy atom. The molecule has 0 unspecified atom stereocenters. The largest absolute Gasteiger partial charge is 0.507 e. The van der Waals surface area contributed by atoms with Crippen molar-refractivity contribution in [3.63, 3.8) is 0 Å². The Morgan fingerprint density at radius 2 is 1.81 bits per heavy atom. The van der Waals surface area contributed by atoms with Gasteiger partial charge in [-0.05, 0) is 50.2 Å². The summed E-state index contributed by atoms with van der Waals surface area (Å²) in [7, 11) is 0. The van der Waals surface area contributed by atoms with Gasteiger partial charge < -0.3 is 20.3 Å². The monoisotopic (exact) mass is 417 g/mol. The maximum atomic E-state index is 13.4. The van der Waals surface area contributed by atoms with Crippen LogP contribution < -0.4 is 10.1 Å². The summed E-state index contributed by atoms with van der Waals surface area (Å²) < 4.78 is 5.52. The fourth-order valence-electron chi connectivity index (χ4n) is 3.54. The number of rotatable bonds is 5. The zero-order chi connectivity index (χ0) is 22.0. The first-order chi connectivity index (χ1) is 15.0. The number of hydrazone groups is 1. The predicted octanol–water partition coefficient (Wildman–Crippen LogP) is 4.49. The van der Waals surface area contributed by atoms with Crippen molar-refractivity contribution in [3.8, 4) is 17.2 Å². The van der Waals surface area contributed by atoms with Crippen molar-refractivity contribution < 1.29 is 19.7 Å². The van der Waals surface area contributed by atoms with Gasteiger partial charge in [0.1, 0.15) is 5.75 Å². The summed E-state index contributed by atoms with van der Waals surface area (Å²) in [5.74, 6) is 0.157. The van der Waals surface area contributed by atoms with Crippen molar-refractivity contribution in [2.45, 2.75) is 20.0 Å². The zero-order valence-corrected chi connectivity index (χ0v) is 17.2. The summed E-state index contributed by atoms with van der Waals surface area (Å²) >= 11 is 0. The summed E-state index contributed by atoms with van der Waals surface area (Å²) in [6.07, 6.45) is -0.636. The van der Waals surface area contributed by atoms with Crippen LogP contribution in [-0.4, -0.2) is 33.4 Å². The van der Waals surface area contributed by atoms with Gasteiger partial charge in [-0.1, -0.05) is 30.3 Å². The highest BCUT2D eigenvalue weighted by molar-refractivity contribution is 6.05. The van der Waals surface area contributed by atoms with Gasteiger partial charge in [0.15, 0.2) is 17.7 Å². The van der Waals surface area contributed by atoms with Crippen LogP contribution in [0.4, 0.5) is 5.69 Å². The van der Waals surface area contributed by atoms with E-state index in [0.717, 1.165) is 0 Å². The summed E-state index contributed by atoms with van der Waals surface area (Å²) in [5.41, 5.74) is 2.90. The molecule has 1 amide bonds. The van der Waals surface area contributed by atoms with Crippen molar-refractivity contribution >= 4 is 17.3 Å². The molecule has 4 rings (SSSR count). The van der Waals surface area contributed by atoms with Crippen LogP contribution in [0.3, 0.4) is 0 Å². The molecule has 1 heterocycles. The lowest BCUT2D eigenvalue weighted by molar-refractivity contribution is 0.0689. The van der Waals surface area contributed by atoms with Crippen LogP contribution in [0, 0.1) is 0 Å². The molecular formula is C24H23N3O4. The second kappa shape index (κ2) is 8.39. The van der Waals surface area contributed by atoms with Crippen LogP contribution in [-0.2, 0) is 0 Å². The Labute approximate surface area is 180 Å². The highest BCUT2D eigenvalue weighted by atomic mass is 16.5. The predicted molar refractivity (Wildman–Crippen MR) is 119 cm³/mol. The highest BCUT2D eigenvalue weighted by Crippen LogP contribution is 2.37. The van der Waals surface area contributed by atoms with Gasteiger partial charge in [-0.15, -0.1) is 0 Å². The molecule has 7 nitrogen and oxygen atoms in total. The second-order valence-electron chi connectivity index (χ2n) is 7.10. The SMILES string of the molecule is CCOc1cc([C@@H]2Nc3ccccc3C(=O)N2/N=C(\C)c2ccccc2O)ccc1O. The molecule has 0 saturated heterocycles. The third-order valence-electron chi connectivity index (χ3n) is 5.05. The number of hydrogen-bond acceptors (Lipinski definition) is 6. The van der Waals surface area contributed by atoms with Crippen LogP contribution in [0.15, 0.2) is 71.8 Å². The quantitative estimate of drug-likeness (QED) is 0.532. The van der Waals surface area contributed by atoms with Crippen LogP contribution in [0.25, 0.3) is 0 Å². The van der Waals surface area contributed by atoms with Gasteiger partial charge in [-0.3, -0.25) is 4.79 Å². The van der Waals surface area contributed by atoms with E-state index in [-0.39, 0.29) is 17.4 Å². The number of hydrogen-bond donors (Lipinski definition) is 3. The lowest BCUT2D eigenvalue weighted by Crippen LogP contribution is -2.40. The molecule has 1 atom stereocenters. The minimum Gasteiger partial charge on any atom is -0.507 e. The number of nitrogens with zero attached hydrogens (tertiary/aromatic N) is 2. The molecule has 3 N–H and O–H groups in total. The number of anilines is 1. The number of fused-ring (bicyclic) bond motifs is 1. The number of carbonyl (C=O) groups is 1. The molecule has 1 aliphatic rings. The fraction of sp³-hybridized carbons (Fsp3) is 0.167. The van der Waals surface area contributed by atoms with E-state index in [1.165, 1.54) is 11.1 Å². The second-order valence-corrected chi connectivity index (χ2v) is 7.10. The Hall–Kier alpha value is -4.00. The minimum atomic E-state index is -0.636. The third kappa shape index (κ3) is 3.90. The average Bonchev–Trinajstić information content (AvgIpc) is 2.77. The molecule has 3 aromatic rings. The van der Waals surface area contributed by atoms with Crippen LogP contribution in [0.1, 0.15) is 41.5 Å². The normalized spacial score (nSPS) is 15.9. The third-order valence-corrected chi connectivity index (χ3v) is 5.05. The van der Waals surface area contributed by atoms with Gasteiger partial charge in [0.2, 0.25) is 0 Å². The molecule has 7 heteroatoms. The number of para-hydroxylation sites is 2. The standard InChI is InChI=1S/C24H23N3O4/c1-3-31-22-14-16(12-13-21(22)29)23-25-19-10-6-4-9-18(19)24(30)27(23)26-15(2)17-8-5-7-11-20(17)28/h4-14,23,25,28-29H,3H2,1-2H3/b26-15+/t23-/m1/s1. The number of amides is 1. The molecule has 0 radical (unpaired) electrons. The van der Waals surface area contributed by atoms with E-state index in [4.69, 9.17) is 4.74 Å². The first-order valence-electron chi connectivity index (χ1n) is 9.98. The topological polar surface area (TPSA) is 94.4 Å². The van der Waals surface area contributed by atoms with Gasteiger partial charge in [0, 0.05) is 16.8 Å². The number of phenolic OH excluding ortho intramolecular Hbond substituents is 2. The molecule has 1 aliphatic heterocycles. The van der Waals surface area contributed by atoms with Crippen LogP contribution >= 0.6 is 0 Å². The zero-order valence-electron chi connectivity index (χ0n) is 17.2. The molecule has 158 valence electrons. The Morgan fingerprint density at radius 1 is 1.06 bits per heavy atom. The maximum absolute atomic E-state index is 13.4. The van der Waals surface area contributed by atoms with E-state index in [0.29, 0.717) is 40.4 Å². The Bertz CT molecular complexity index is 1160. The summed E-state index contributed by atoms with van der Waals surface area (Å²) in [5, 5.41) is 29.6.